The predicted molar refractivity (Wildman–Crippen MR) is 102 cm³/mol. The number of nitrogens with one attached hydrogen (secondary N) is 1. The quantitative estimate of drug-likeness (QED) is 0.478. The second-order valence-electron chi connectivity index (χ2n) is 5.93. The number of esters is 1. The third kappa shape index (κ3) is 4.95. The summed E-state index contributed by atoms with van der Waals surface area (Å²) in [6.45, 7) is 5.50. The number of ether oxygens (including phenoxy) is 1. The van der Waals surface area contributed by atoms with E-state index < -0.39 is 11.9 Å². The highest BCUT2D eigenvalue weighted by molar-refractivity contribution is 6.09. The van der Waals surface area contributed by atoms with Crippen molar-refractivity contribution in [3.05, 3.63) is 64.2 Å². The van der Waals surface area contributed by atoms with Crippen LogP contribution in [0, 0.1) is 25.2 Å². The zero-order valence-electron chi connectivity index (χ0n) is 15.4. The standard InChI is InChI=1S/C21H20N2O4/c1-4-27-21(26)16-5-7-18(8-6-16)23-20(25)17(12-22)11-15-9-13(2)19(24)14(3)10-15/h5-11,24H,4H2,1-3H3,(H,23,25)/b17-11+. The lowest BCUT2D eigenvalue weighted by molar-refractivity contribution is -0.112. The Morgan fingerprint density at radius 1 is 1.19 bits per heavy atom. The molecule has 138 valence electrons. The first-order valence-corrected chi connectivity index (χ1v) is 8.36. The van der Waals surface area contributed by atoms with Crippen LogP contribution in [0.1, 0.15) is 34.0 Å². The summed E-state index contributed by atoms with van der Waals surface area (Å²) in [6, 6.07) is 11.5. The number of carbonyl (C=O) groups is 2. The number of anilines is 1. The molecule has 2 rings (SSSR count). The zero-order valence-corrected chi connectivity index (χ0v) is 15.4. The Kier molecular flexibility index (Phi) is 6.34. The number of rotatable bonds is 5. The molecule has 1 amide bonds. The highest BCUT2D eigenvalue weighted by Gasteiger charge is 2.12. The van der Waals surface area contributed by atoms with Crippen LogP contribution in [0.5, 0.6) is 5.75 Å². The van der Waals surface area contributed by atoms with Crippen molar-refractivity contribution in [1.82, 2.24) is 0 Å². The second-order valence-corrected chi connectivity index (χ2v) is 5.93. The van der Waals surface area contributed by atoms with Crippen LogP contribution in [0.3, 0.4) is 0 Å². The van der Waals surface area contributed by atoms with Gasteiger partial charge in [-0.25, -0.2) is 4.79 Å². The van der Waals surface area contributed by atoms with Crippen LogP contribution in [-0.2, 0) is 9.53 Å². The van der Waals surface area contributed by atoms with Gasteiger partial charge >= 0.3 is 5.97 Å². The number of hydrogen-bond donors (Lipinski definition) is 2. The van der Waals surface area contributed by atoms with Crippen LogP contribution >= 0.6 is 0 Å². The van der Waals surface area contributed by atoms with E-state index in [4.69, 9.17) is 4.74 Å². The van der Waals surface area contributed by atoms with Crippen molar-refractivity contribution in [2.24, 2.45) is 0 Å². The normalized spacial score (nSPS) is 10.8. The van der Waals surface area contributed by atoms with Gasteiger partial charge < -0.3 is 15.2 Å². The molecule has 0 unspecified atom stereocenters. The van der Waals surface area contributed by atoms with Gasteiger partial charge in [-0.2, -0.15) is 5.26 Å². The molecule has 2 aromatic carbocycles. The lowest BCUT2D eigenvalue weighted by atomic mass is 10.0. The first kappa shape index (κ1) is 19.7. The van der Waals surface area contributed by atoms with E-state index >= 15 is 0 Å². The molecule has 0 spiro atoms. The molecule has 0 aromatic heterocycles. The largest absolute Gasteiger partial charge is 0.507 e. The molecular weight excluding hydrogens is 344 g/mol. The molecule has 6 heteroatoms. The minimum atomic E-state index is -0.565. The topological polar surface area (TPSA) is 99.4 Å². The van der Waals surface area contributed by atoms with Gasteiger partial charge in [-0.3, -0.25) is 4.79 Å². The molecule has 6 nitrogen and oxygen atoms in total. The summed E-state index contributed by atoms with van der Waals surface area (Å²) in [4.78, 5) is 24.0. The van der Waals surface area contributed by atoms with E-state index in [0.29, 0.717) is 27.9 Å². The highest BCUT2D eigenvalue weighted by atomic mass is 16.5. The van der Waals surface area contributed by atoms with Crippen LogP contribution in [0.4, 0.5) is 5.69 Å². The molecular formula is C21H20N2O4. The Morgan fingerprint density at radius 3 is 2.30 bits per heavy atom. The third-order valence-corrected chi connectivity index (χ3v) is 3.84. The number of phenols is 1. The number of amides is 1. The van der Waals surface area contributed by atoms with Crippen molar-refractivity contribution in [2.45, 2.75) is 20.8 Å². The molecule has 0 atom stereocenters. The lowest BCUT2D eigenvalue weighted by Crippen LogP contribution is -2.13. The maximum absolute atomic E-state index is 12.4. The minimum absolute atomic E-state index is 0.0750. The molecule has 2 aromatic rings. The molecule has 0 bridgehead atoms. The van der Waals surface area contributed by atoms with Crippen LogP contribution < -0.4 is 5.32 Å². The maximum Gasteiger partial charge on any atom is 0.338 e. The fourth-order valence-corrected chi connectivity index (χ4v) is 2.49. The number of benzene rings is 2. The third-order valence-electron chi connectivity index (χ3n) is 3.84. The Bertz CT molecular complexity index is 915. The van der Waals surface area contributed by atoms with E-state index in [1.807, 2.05) is 6.07 Å². The molecule has 27 heavy (non-hydrogen) atoms. The molecule has 0 radical (unpaired) electrons. The average Bonchev–Trinajstić information content (AvgIpc) is 2.64. The minimum Gasteiger partial charge on any atom is -0.507 e. The van der Waals surface area contributed by atoms with E-state index in [0.717, 1.165) is 0 Å². The highest BCUT2D eigenvalue weighted by Crippen LogP contribution is 2.24. The van der Waals surface area contributed by atoms with Gasteiger partial charge in [0.25, 0.3) is 5.91 Å². The fourth-order valence-electron chi connectivity index (χ4n) is 2.49. The zero-order chi connectivity index (χ0) is 20.0. The summed E-state index contributed by atoms with van der Waals surface area (Å²) in [6.07, 6.45) is 1.46. The summed E-state index contributed by atoms with van der Waals surface area (Å²) < 4.78 is 4.90. The van der Waals surface area contributed by atoms with E-state index in [1.165, 1.54) is 18.2 Å². The van der Waals surface area contributed by atoms with Gasteiger partial charge in [0, 0.05) is 5.69 Å². The monoisotopic (exact) mass is 364 g/mol. The molecule has 0 saturated heterocycles. The van der Waals surface area contributed by atoms with Gasteiger partial charge in [0.1, 0.15) is 17.4 Å². The molecule has 0 aliphatic heterocycles. The van der Waals surface area contributed by atoms with E-state index in [-0.39, 0.29) is 17.9 Å². The number of aromatic hydroxyl groups is 1. The predicted octanol–water partition coefficient (Wildman–Crippen LogP) is 3.73. The Hall–Kier alpha value is -3.59. The average molecular weight is 364 g/mol. The Labute approximate surface area is 157 Å². The van der Waals surface area contributed by atoms with Crippen molar-refractivity contribution in [3.8, 4) is 11.8 Å². The van der Waals surface area contributed by atoms with E-state index in [2.05, 4.69) is 5.32 Å². The number of phenolic OH excluding ortho intramolecular Hbond substituents is 1. The van der Waals surface area contributed by atoms with E-state index in [9.17, 15) is 20.0 Å². The van der Waals surface area contributed by atoms with Crippen molar-refractivity contribution in [2.75, 3.05) is 11.9 Å². The molecule has 0 saturated carbocycles. The molecule has 0 aliphatic carbocycles. The summed E-state index contributed by atoms with van der Waals surface area (Å²) in [5, 5.41) is 21.8. The second kappa shape index (κ2) is 8.68. The first-order chi connectivity index (χ1) is 12.8. The fraction of sp³-hybridized carbons (Fsp3) is 0.190. The van der Waals surface area contributed by atoms with Gasteiger partial charge in [0.15, 0.2) is 0 Å². The van der Waals surface area contributed by atoms with Crippen molar-refractivity contribution in [3.63, 3.8) is 0 Å². The first-order valence-electron chi connectivity index (χ1n) is 8.36. The molecule has 0 aliphatic rings. The lowest BCUT2D eigenvalue weighted by Gasteiger charge is -2.07. The van der Waals surface area contributed by atoms with E-state index in [1.54, 1.807) is 45.0 Å². The maximum atomic E-state index is 12.4. The van der Waals surface area contributed by atoms with Gasteiger partial charge in [-0.05, 0) is 79.9 Å². The summed E-state index contributed by atoms with van der Waals surface area (Å²) >= 11 is 0. The number of carbonyl (C=O) groups excluding carboxylic acids is 2. The van der Waals surface area contributed by atoms with Crippen LogP contribution in [0.2, 0.25) is 0 Å². The van der Waals surface area contributed by atoms with Crippen LogP contribution in [0.25, 0.3) is 6.08 Å². The molecule has 2 N–H and O–H groups in total. The number of hydrogen-bond acceptors (Lipinski definition) is 5. The summed E-state index contributed by atoms with van der Waals surface area (Å²) in [7, 11) is 0. The molecule has 0 fully saturated rings. The SMILES string of the molecule is CCOC(=O)c1ccc(NC(=O)/C(C#N)=C/c2cc(C)c(O)c(C)c2)cc1. The summed E-state index contributed by atoms with van der Waals surface area (Å²) in [5.74, 6) is -0.812. The van der Waals surface area contributed by atoms with Crippen molar-refractivity contribution >= 4 is 23.6 Å². The number of nitrogens with zero attached hydrogens (tertiary/aromatic N) is 1. The number of aryl methyl sites for hydroxylation is 2. The number of nitriles is 1. The smallest absolute Gasteiger partial charge is 0.338 e. The van der Waals surface area contributed by atoms with Gasteiger partial charge in [-0.1, -0.05) is 0 Å². The Morgan fingerprint density at radius 2 is 1.78 bits per heavy atom. The Balaban J connectivity index is 2.18. The summed E-state index contributed by atoms with van der Waals surface area (Å²) in [5.41, 5.74) is 2.72. The van der Waals surface area contributed by atoms with Crippen molar-refractivity contribution in [1.29, 1.82) is 5.26 Å². The van der Waals surface area contributed by atoms with Gasteiger partial charge in [0.05, 0.1) is 12.2 Å². The van der Waals surface area contributed by atoms with Gasteiger partial charge in [0.2, 0.25) is 0 Å². The van der Waals surface area contributed by atoms with Crippen molar-refractivity contribution < 1.29 is 19.4 Å². The molecule has 0 heterocycles. The van der Waals surface area contributed by atoms with Crippen LogP contribution in [0.15, 0.2) is 42.0 Å². The van der Waals surface area contributed by atoms with Crippen LogP contribution in [-0.4, -0.2) is 23.6 Å². The van der Waals surface area contributed by atoms with Gasteiger partial charge in [-0.15, -0.1) is 0 Å².